The van der Waals surface area contributed by atoms with E-state index in [1.807, 2.05) is 12.4 Å². The summed E-state index contributed by atoms with van der Waals surface area (Å²) in [6.45, 7) is 4.99. The molecule has 126 valence electrons. The summed E-state index contributed by atoms with van der Waals surface area (Å²) in [6, 6.07) is 4.67. The Balaban J connectivity index is 1.36. The van der Waals surface area contributed by atoms with Gasteiger partial charge >= 0.3 is 0 Å². The van der Waals surface area contributed by atoms with Crippen molar-refractivity contribution in [3.8, 4) is 0 Å². The van der Waals surface area contributed by atoms with E-state index in [1.165, 1.54) is 37.8 Å². The molecule has 0 spiro atoms. The van der Waals surface area contributed by atoms with Crippen LogP contribution >= 0.6 is 0 Å². The van der Waals surface area contributed by atoms with E-state index in [0.29, 0.717) is 24.9 Å². The number of Topliss-reactive ketones (excluding diaryl/α,β-unsaturated/α-hetero) is 1. The van der Waals surface area contributed by atoms with Crippen molar-refractivity contribution in [2.75, 3.05) is 44.2 Å². The molecule has 5 heteroatoms. The highest BCUT2D eigenvalue weighted by atomic mass is 16.1. The first-order valence-corrected chi connectivity index (χ1v) is 8.94. The van der Waals surface area contributed by atoms with Crippen LogP contribution in [-0.4, -0.2) is 61.0 Å². The van der Waals surface area contributed by atoms with E-state index in [4.69, 9.17) is 0 Å². The van der Waals surface area contributed by atoms with Gasteiger partial charge < -0.3 is 10.2 Å². The quantitative estimate of drug-likeness (QED) is 0.865. The highest BCUT2D eigenvalue weighted by Gasteiger charge is 2.20. The van der Waals surface area contributed by atoms with Gasteiger partial charge in [-0.1, -0.05) is 19.3 Å². The molecule has 23 heavy (non-hydrogen) atoms. The van der Waals surface area contributed by atoms with E-state index in [0.717, 1.165) is 26.2 Å². The van der Waals surface area contributed by atoms with Gasteiger partial charge in [0.25, 0.3) is 0 Å². The normalized spacial score (nSPS) is 20.6. The second kappa shape index (κ2) is 8.41. The Hall–Kier alpha value is -1.46. The number of carbonyl (C=O) groups excluding carboxylic acids is 1. The van der Waals surface area contributed by atoms with Crippen molar-refractivity contribution in [1.29, 1.82) is 0 Å². The van der Waals surface area contributed by atoms with E-state index < -0.39 is 0 Å². The Labute approximate surface area is 139 Å². The molecule has 2 aliphatic rings. The molecule has 3 rings (SSSR count). The Kier molecular flexibility index (Phi) is 6.00. The lowest BCUT2D eigenvalue weighted by atomic mass is 9.95. The van der Waals surface area contributed by atoms with Gasteiger partial charge in [0.15, 0.2) is 5.78 Å². The van der Waals surface area contributed by atoms with Crippen molar-refractivity contribution in [3.05, 3.63) is 24.5 Å². The molecule has 1 saturated heterocycles. The van der Waals surface area contributed by atoms with Crippen molar-refractivity contribution in [2.45, 2.75) is 38.1 Å². The number of pyridine rings is 1. The summed E-state index contributed by atoms with van der Waals surface area (Å²) in [6.07, 6.45) is 10.1. The zero-order valence-corrected chi connectivity index (χ0v) is 13.9. The van der Waals surface area contributed by atoms with Gasteiger partial charge in [-0.15, -0.1) is 0 Å². The van der Waals surface area contributed by atoms with E-state index in [1.54, 1.807) is 0 Å². The van der Waals surface area contributed by atoms with Crippen LogP contribution in [0.2, 0.25) is 0 Å². The monoisotopic (exact) mass is 316 g/mol. The van der Waals surface area contributed by atoms with Gasteiger partial charge in [-0.25, -0.2) is 0 Å². The van der Waals surface area contributed by atoms with E-state index >= 15 is 0 Å². The molecule has 0 aromatic carbocycles. The summed E-state index contributed by atoms with van der Waals surface area (Å²) in [7, 11) is 0. The molecule has 1 aliphatic heterocycles. The topological polar surface area (TPSA) is 48.5 Å². The highest BCUT2D eigenvalue weighted by Crippen LogP contribution is 2.17. The Morgan fingerprint density at radius 1 is 1.09 bits per heavy atom. The maximum Gasteiger partial charge on any atom is 0.160 e. The summed E-state index contributed by atoms with van der Waals surface area (Å²) in [5, 5.41) is 3.45. The number of piperazine rings is 1. The molecule has 1 N–H and O–H groups in total. The third-order valence-electron chi connectivity index (χ3n) is 4.99. The molecule has 1 aromatic rings. The Morgan fingerprint density at radius 2 is 1.78 bits per heavy atom. The molecule has 0 unspecified atom stereocenters. The summed E-state index contributed by atoms with van der Waals surface area (Å²) in [5.41, 5.74) is 1.23. The molecule has 2 fully saturated rings. The number of aromatic nitrogens is 1. The van der Waals surface area contributed by atoms with Crippen molar-refractivity contribution >= 4 is 11.5 Å². The zero-order valence-electron chi connectivity index (χ0n) is 13.9. The third-order valence-corrected chi connectivity index (χ3v) is 4.99. The molecule has 2 heterocycles. The molecule has 0 bridgehead atoms. The van der Waals surface area contributed by atoms with Crippen LogP contribution < -0.4 is 10.2 Å². The minimum atomic E-state index is 0.327. The number of rotatable bonds is 6. The lowest BCUT2D eigenvalue weighted by Gasteiger charge is -2.35. The smallest absolute Gasteiger partial charge is 0.160 e. The number of ketones is 1. The zero-order chi connectivity index (χ0) is 15.9. The number of hydrogen-bond acceptors (Lipinski definition) is 5. The first kappa shape index (κ1) is 16.4. The van der Waals surface area contributed by atoms with Gasteiger partial charge in [-0.2, -0.15) is 0 Å². The Morgan fingerprint density at radius 3 is 2.48 bits per heavy atom. The highest BCUT2D eigenvalue weighted by molar-refractivity contribution is 5.82. The van der Waals surface area contributed by atoms with Gasteiger partial charge in [0.2, 0.25) is 0 Å². The lowest BCUT2D eigenvalue weighted by Crippen LogP contribution is -2.49. The molecular weight excluding hydrogens is 288 g/mol. The fourth-order valence-corrected chi connectivity index (χ4v) is 3.59. The molecule has 0 amide bonds. The maximum atomic E-state index is 12.2. The molecule has 1 aliphatic carbocycles. The third kappa shape index (κ3) is 5.01. The molecule has 1 aromatic heterocycles. The predicted octanol–water partition coefficient (Wildman–Crippen LogP) is 1.69. The average Bonchev–Trinajstić information content (AvgIpc) is 2.62. The number of hydrogen-bond donors (Lipinski definition) is 1. The van der Waals surface area contributed by atoms with Crippen molar-refractivity contribution in [2.24, 2.45) is 0 Å². The standard InChI is InChI=1S/C18H28N4O/c23-18(14-20-16-4-2-1-3-5-16)15-21-10-12-22(13-11-21)17-6-8-19-9-7-17/h6-9,16,20H,1-5,10-15H2. The van der Waals surface area contributed by atoms with E-state index in [2.05, 4.69) is 32.2 Å². The number of anilines is 1. The fraction of sp³-hybridized carbons (Fsp3) is 0.667. The van der Waals surface area contributed by atoms with E-state index in [9.17, 15) is 4.79 Å². The SMILES string of the molecule is O=C(CNC1CCCCC1)CN1CCN(c2ccncc2)CC1. The first-order chi connectivity index (χ1) is 11.3. The molecule has 1 saturated carbocycles. The van der Waals surface area contributed by atoms with Crippen LogP contribution in [-0.2, 0) is 4.79 Å². The second-order valence-electron chi connectivity index (χ2n) is 6.72. The Bertz CT molecular complexity index is 479. The van der Waals surface area contributed by atoms with Crippen molar-refractivity contribution in [1.82, 2.24) is 15.2 Å². The van der Waals surface area contributed by atoms with Gasteiger partial charge in [0.1, 0.15) is 0 Å². The summed E-state index contributed by atoms with van der Waals surface area (Å²) >= 11 is 0. The first-order valence-electron chi connectivity index (χ1n) is 8.94. The largest absolute Gasteiger partial charge is 0.369 e. The van der Waals surface area contributed by atoms with Crippen LogP contribution in [0.5, 0.6) is 0 Å². The fourth-order valence-electron chi connectivity index (χ4n) is 3.59. The van der Waals surface area contributed by atoms with Crippen LogP contribution in [0.1, 0.15) is 32.1 Å². The number of nitrogens with zero attached hydrogens (tertiary/aromatic N) is 3. The minimum absolute atomic E-state index is 0.327. The van der Waals surface area contributed by atoms with Gasteiger partial charge in [0.05, 0.1) is 13.1 Å². The lowest BCUT2D eigenvalue weighted by molar-refractivity contribution is -0.119. The van der Waals surface area contributed by atoms with E-state index in [-0.39, 0.29) is 0 Å². The maximum absolute atomic E-state index is 12.2. The summed E-state index contributed by atoms with van der Waals surface area (Å²) in [4.78, 5) is 20.9. The van der Waals surface area contributed by atoms with Gasteiger partial charge in [-0.3, -0.25) is 14.7 Å². The van der Waals surface area contributed by atoms with Crippen LogP contribution in [0.15, 0.2) is 24.5 Å². The van der Waals surface area contributed by atoms with Gasteiger partial charge in [-0.05, 0) is 25.0 Å². The number of nitrogens with one attached hydrogen (secondary N) is 1. The van der Waals surface area contributed by atoms with Crippen molar-refractivity contribution < 1.29 is 4.79 Å². The van der Waals surface area contributed by atoms with Crippen LogP contribution in [0.3, 0.4) is 0 Å². The second-order valence-corrected chi connectivity index (χ2v) is 6.72. The average molecular weight is 316 g/mol. The molecular formula is C18H28N4O. The predicted molar refractivity (Wildman–Crippen MR) is 92.8 cm³/mol. The summed E-state index contributed by atoms with van der Waals surface area (Å²) in [5.74, 6) is 0.327. The molecule has 0 atom stereocenters. The molecule has 5 nitrogen and oxygen atoms in total. The summed E-state index contributed by atoms with van der Waals surface area (Å²) < 4.78 is 0. The molecule has 0 radical (unpaired) electrons. The number of carbonyl (C=O) groups is 1. The van der Waals surface area contributed by atoms with Crippen LogP contribution in [0.25, 0.3) is 0 Å². The minimum Gasteiger partial charge on any atom is -0.369 e. The van der Waals surface area contributed by atoms with Crippen molar-refractivity contribution in [3.63, 3.8) is 0 Å². The van der Waals surface area contributed by atoms with Crippen LogP contribution in [0, 0.1) is 0 Å². The van der Waals surface area contributed by atoms with Crippen LogP contribution in [0.4, 0.5) is 5.69 Å². The van der Waals surface area contributed by atoms with Gasteiger partial charge in [0, 0.05) is 50.3 Å².